The monoisotopic (exact) mass is 261 g/mol. The van der Waals surface area contributed by atoms with Gasteiger partial charge in [0.25, 0.3) is 0 Å². The molecule has 0 saturated heterocycles. The second-order valence-corrected chi connectivity index (χ2v) is 5.87. The minimum Gasteiger partial charge on any atom is -0.321 e. The number of rotatable bonds is 3. The van der Waals surface area contributed by atoms with E-state index in [4.69, 9.17) is 5.73 Å². The first kappa shape index (κ1) is 11.9. The van der Waals surface area contributed by atoms with Crippen molar-refractivity contribution in [1.29, 1.82) is 0 Å². The van der Waals surface area contributed by atoms with Crippen LogP contribution in [0.1, 0.15) is 29.5 Å². The van der Waals surface area contributed by atoms with Crippen LogP contribution in [0, 0.1) is 5.82 Å². The van der Waals surface area contributed by atoms with Gasteiger partial charge in [0, 0.05) is 5.54 Å². The number of fused-ring (bicyclic) bond motifs is 1. The molecule has 0 amide bonds. The maximum Gasteiger partial charge on any atom is 0.123 e. The van der Waals surface area contributed by atoms with Gasteiger partial charge in [0.05, 0.1) is 0 Å². The summed E-state index contributed by atoms with van der Waals surface area (Å²) in [5.74, 6) is -0.157. The van der Waals surface area contributed by atoms with Crippen molar-refractivity contribution in [1.82, 2.24) is 0 Å². The summed E-state index contributed by atoms with van der Waals surface area (Å²) in [4.78, 5) is 0. The van der Waals surface area contributed by atoms with Crippen LogP contribution in [0.2, 0.25) is 0 Å². The summed E-state index contributed by atoms with van der Waals surface area (Å²) in [5.41, 5.74) is 9.82. The molecule has 1 aliphatic rings. The molecule has 1 aromatic heterocycles. The van der Waals surface area contributed by atoms with Gasteiger partial charge >= 0.3 is 0 Å². The Bertz CT molecular complexity index is 550. The molecular weight excluding hydrogens is 245 g/mol. The third-order valence-corrected chi connectivity index (χ3v) is 4.62. The van der Waals surface area contributed by atoms with Crippen LogP contribution in [0.25, 0.3) is 0 Å². The van der Waals surface area contributed by atoms with Gasteiger partial charge in [-0.05, 0) is 71.3 Å². The van der Waals surface area contributed by atoms with E-state index in [1.165, 1.54) is 11.6 Å². The standard InChI is InChI=1S/C15H16FNS/c16-13-1-2-14-12(9-13)4-7-15(14,17)6-3-11-5-8-18-10-11/h1-2,5,8-10H,3-4,6-7,17H2. The predicted octanol–water partition coefficient (Wildman–Crippen LogP) is 3.62. The number of benzene rings is 1. The van der Waals surface area contributed by atoms with E-state index in [9.17, 15) is 4.39 Å². The molecule has 0 spiro atoms. The Morgan fingerprint density at radius 2 is 2.22 bits per heavy atom. The zero-order chi connectivity index (χ0) is 12.6. The van der Waals surface area contributed by atoms with Crippen molar-refractivity contribution < 1.29 is 4.39 Å². The molecule has 2 aromatic rings. The molecule has 1 atom stereocenters. The lowest BCUT2D eigenvalue weighted by Gasteiger charge is -2.25. The molecule has 1 heterocycles. The average molecular weight is 261 g/mol. The van der Waals surface area contributed by atoms with E-state index in [2.05, 4.69) is 16.8 Å². The van der Waals surface area contributed by atoms with Gasteiger partial charge < -0.3 is 5.73 Å². The van der Waals surface area contributed by atoms with Crippen molar-refractivity contribution in [3.8, 4) is 0 Å². The van der Waals surface area contributed by atoms with E-state index >= 15 is 0 Å². The van der Waals surface area contributed by atoms with Crippen LogP contribution in [0.5, 0.6) is 0 Å². The van der Waals surface area contributed by atoms with E-state index in [-0.39, 0.29) is 11.4 Å². The van der Waals surface area contributed by atoms with Crippen LogP contribution in [-0.4, -0.2) is 0 Å². The average Bonchev–Trinajstić information content (AvgIpc) is 2.96. The Labute approximate surface area is 110 Å². The maximum absolute atomic E-state index is 13.2. The molecule has 18 heavy (non-hydrogen) atoms. The summed E-state index contributed by atoms with van der Waals surface area (Å²) in [5, 5.41) is 4.26. The lowest BCUT2D eigenvalue weighted by Crippen LogP contribution is -2.34. The smallest absolute Gasteiger partial charge is 0.123 e. The zero-order valence-electron chi connectivity index (χ0n) is 10.2. The summed E-state index contributed by atoms with van der Waals surface area (Å²) in [6, 6.07) is 7.17. The lowest BCUT2D eigenvalue weighted by molar-refractivity contribution is 0.407. The minimum atomic E-state index is -0.273. The van der Waals surface area contributed by atoms with Gasteiger partial charge in [-0.3, -0.25) is 0 Å². The molecule has 0 radical (unpaired) electrons. The molecule has 2 N–H and O–H groups in total. The third-order valence-electron chi connectivity index (χ3n) is 3.88. The molecule has 1 aromatic carbocycles. The van der Waals surface area contributed by atoms with Crippen LogP contribution in [0.3, 0.4) is 0 Å². The van der Waals surface area contributed by atoms with E-state index in [1.54, 1.807) is 17.4 Å². The topological polar surface area (TPSA) is 26.0 Å². The number of halogens is 1. The summed E-state index contributed by atoms with van der Waals surface area (Å²) < 4.78 is 13.2. The maximum atomic E-state index is 13.2. The molecule has 0 saturated carbocycles. The molecule has 1 aliphatic carbocycles. The van der Waals surface area contributed by atoms with Crippen LogP contribution >= 0.6 is 11.3 Å². The highest BCUT2D eigenvalue weighted by molar-refractivity contribution is 7.07. The van der Waals surface area contributed by atoms with Gasteiger partial charge in [-0.25, -0.2) is 4.39 Å². The quantitative estimate of drug-likeness (QED) is 0.897. The third kappa shape index (κ3) is 2.08. The molecule has 1 nitrogen and oxygen atoms in total. The van der Waals surface area contributed by atoms with E-state index in [1.807, 2.05) is 6.07 Å². The number of thiophene rings is 1. The molecular formula is C15H16FNS. The van der Waals surface area contributed by atoms with Gasteiger partial charge in [0.1, 0.15) is 5.82 Å². The van der Waals surface area contributed by atoms with Crippen LogP contribution in [0.4, 0.5) is 4.39 Å². The van der Waals surface area contributed by atoms with E-state index in [0.717, 1.165) is 36.8 Å². The molecule has 0 fully saturated rings. The molecule has 0 aliphatic heterocycles. The van der Waals surface area contributed by atoms with E-state index in [0.29, 0.717) is 0 Å². The fraction of sp³-hybridized carbons (Fsp3) is 0.333. The second-order valence-electron chi connectivity index (χ2n) is 5.09. The Hall–Kier alpha value is -1.19. The summed E-state index contributed by atoms with van der Waals surface area (Å²) in [6.45, 7) is 0. The van der Waals surface area contributed by atoms with Gasteiger partial charge in [-0.15, -0.1) is 0 Å². The number of aryl methyl sites for hydroxylation is 2. The van der Waals surface area contributed by atoms with Crippen molar-refractivity contribution in [3.63, 3.8) is 0 Å². The summed E-state index contributed by atoms with van der Waals surface area (Å²) in [7, 11) is 0. The largest absolute Gasteiger partial charge is 0.321 e. The fourth-order valence-electron chi connectivity index (χ4n) is 2.81. The normalized spacial score (nSPS) is 22.1. The first-order chi connectivity index (χ1) is 8.67. The Morgan fingerprint density at radius 1 is 1.33 bits per heavy atom. The SMILES string of the molecule is NC1(CCc2ccsc2)CCc2cc(F)ccc21. The Morgan fingerprint density at radius 3 is 3.00 bits per heavy atom. The van der Waals surface area contributed by atoms with Crippen molar-refractivity contribution in [2.24, 2.45) is 5.73 Å². The van der Waals surface area contributed by atoms with Crippen LogP contribution in [0.15, 0.2) is 35.0 Å². The van der Waals surface area contributed by atoms with Gasteiger partial charge in [-0.1, -0.05) is 6.07 Å². The number of nitrogens with two attached hydrogens (primary N) is 1. The summed E-state index contributed by atoms with van der Waals surface area (Å²) in [6.07, 6.45) is 3.75. The van der Waals surface area contributed by atoms with Crippen molar-refractivity contribution in [2.75, 3.05) is 0 Å². The molecule has 94 valence electrons. The van der Waals surface area contributed by atoms with Crippen molar-refractivity contribution >= 4 is 11.3 Å². The minimum absolute atomic E-state index is 0.157. The zero-order valence-corrected chi connectivity index (χ0v) is 11.0. The van der Waals surface area contributed by atoms with Gasteiger partial charge in [0.2, 0.25) is 0 Å². The van der Waals surface area contributed by atoms with Crippen LogP contribution < -0.4 is 5.73 Å². The van der Waals surface area contributed by atoms with Gasteiger partial charge in [0.15, 0.2) is 0 Å². The molecule has 3 rings (SSSR count). The Kier molecular flexibility index (Phi) is 2.96. The molecule has 1 unspecified atom stereocenters. The van der Waals surface area contributed by atoms with Crippen molar-refractivity contribution in [3.05, 3.63) is 57.5 Å². The van der Waals surface area contributed by atoms with Crippen LogP contribution in [-0.2, 0) is 18.4 Å². The lowest BCUT2D eigenvalue weighted by atomic mass is 9.87. The molecule has 3 heteroatoms. The fourth-order valence-corrected chi connectivity index (χ4v) is 3.51. The number of hydrogen-bond acceptors (Lipinski definition) is 2. The number of hydrogen-bond donors (Lipinski definition) is 1. The van der Waals surface area contributed by atoms with Crippen molar-refractivity contribution in [2.45, 2.75) is 31.2 Å². The summed E-state index contributed by atoms with van der Waals surface area (Å²) >= 11 is 1.72. The molecule has 0 bridgehead atoms. The first-order valence-corrected chi connectivity index (χ1v) is 7.20. The highest BCUT2D eigenvalue weighted by atomic mass is 32.1. The highest BCUT2D eigenvalue weighted by Gasteiger charge is 2.34. The van der Waals surface area contributed by atoms with Gasteiger partial charge in [-0.2, -0.15) is 11.3 Å². The predicted molar refractivity (Wildman–Crippen MR) is 73.2 cm³/mol. The second kappa shape index (κ2) is 4.48. The Balaban J connectivity index is 1.81. The van der Waals surface area contributed by atoms with E-state index < -0.39 is 0 Å². The highest BCUT2D eigenvalue weighted by Crippen LogP contribution is 2.38. The first-order valence-electron chi connectivity index (χ1n) is 6.26.